The van der Waals surface area contributed by atoms with Gasteiger partial charge in [0.25, 0.3) is 0 Å². The Bertz CT molecular complexity index is 462. The van der Waals surface area contributed by atoms with Crippen molar-refractivity contribution in [1.82, 2.24) is 5.32 Å². The number of hydrogen-bond donors (Lipinski definition) is 2. The summed E-state index contributed by atoms with van der Waals surface area (Å²) in [5.41, 5.74) is 0.442. The zero-order valence-corrected chi connectivity index (χ0v) is 14.0. The summed E-state index contributed by atoms with van der Waals surface area (Å²) < 4.78 is 11.0. The largest absolute Gasteiger partial charge is 0.497 e. The van der Waals surface area contributed by atoms with Gasteiger partial charge in [0, 0.05) is 13.0 Å². The zero-order valence-electron chi connectivity index (χ0n) is 14.0. The Hall–Kier alpha value is -1.10. The van der Waals surface area contributed by atoms with Gasteiger partial charge in [0.05, 0.1) is 24.9 Å². The van der Waals surface area contributed by atoms with Crippen molar-refractivity contribution in [2.24, 2.45) is 0 Å². The number of nitrogens with one attached hydrogen (secondary N) is 1. The molecule has 0 aromatic heterocycles. The van der Waals surface area contributed by atoms with Crippen LogP contribution in [0, 0.1) is 0 Å². The Morgan fingerprint density at radius 1 is 1.32 bits per heavy atom. The summed E-state index contributed by atoms with van der Waals surface area (Å²) in [5.74, 6) is 0.874. The SMILES string of the molecule is CC[C@]1(C)C[C@](O)(CCNCc2ccc(OC)cc2)CCO1. The third-order valence-electron chi connectivity index (χ3n) is 4.72. The highest BCUT2D eigenvalue weighted by Crippen LogP contribution is 2.36. The molecule has 1 aliphatic heterocycles. The molecule has 2 N–H and O–H groups in total. The van der Waals surface area contributed by atoms with E-state index in [2.05, 4.69) is 31.3 Å². The second-order valence-electron chi connectivity index (χ2n) is 6.58. The quantitative estimate of drug-likeness (QED) is 0.761. The van der Waals surface area contributed by atoms with Gasteiger partial charge in [0.1, 0.15) is 5.75 Å². The van der Waals surface area contributed by atoms with Crippen molar-refractivity contribution in [2.45, 2.75) is 57.3 Å². The monoisotopic (exact) mass is 307 g/mol. The van der Waals surface area contributed by atoms with Crippen LogP contribution in [0.1, 0.15) is 45.1 Å². The molecule has 0 bridgehead atoms. The Balaban J connectivity index is 1.75. The predicted octanol–water partition coefficient (Wildman–Crippen LogP) is 2.89. The Kier molecular flexibility index (Phi) is 5.84. The Morgan fingerprint density at radius 2 is 2.05 bits per heavy atom. The van der Waals surface area contributed by atoms with Gasteiger partial charge in [-0.3, -0.25) is 0 Å². The van der Waals surface area contributed by atoms with Crippen molar-refractivity contribution in [2.75, 3.05) is 20.3 Å². The van der Waals surface area contributed by atoms with Crippen LogP contribution in [0.25, 0.3) is 0 Å². The molecule has 1 aromatic rings. The number of ether oxygens (including phenoxy) is 2. The van der Waals surface area contributed by atoms with Gasteiger partial charge >= 0.3 is 0 Å². The summed E-state index contributed by atoms with van der Waals surface area (Å²) in [4.78, 5) is 0. The lowest BCUT2D eigenvalue weighted by molar-refractivity contribution is -0.155. The van der Waals surface area contributed by atoms with Crippen LogP contribution < -0.4 is 10.1 Å². The topological polar surface area (TPSA) is 50.7 Å². The van der Waals surface area contributed by atoms with E-state index in [1.54, 1.807) is 7.11 Å². The molecule has 2 rings (SSSR count). The van der Waals surface area contributed by atoms with Crippen LogP contribution in [-0.4, -0.2) is 36.6 Å². The molecular formula is C18H29NO3. The van der Waals surface area contributed by atoms with E-state index in [0.29, 0.717) is 6.61 Å². The lowest BCUT2D eigenvalue weighted by Gasteiger charge is -2.43. The maximum absolute atomic E-state index is 10.8. The number of benzene rings is 1. The van der Waals surface area contributed by atoms with E-state index in [4.69, 9.17) is 9.47 Å². The maximum Gasteiger partial charge on any atom is 0.118 e. The van der Waals surface area contributed by atoms with Gasteiger partial charge in [-0.2, -0.15) is 0 Å². The van der Waals surface area contributed by atoms with Gasteiger partial charge < -0.3 is 19.9 Å². The number of rotatable bonds is 7. The van der Waals surface area contributed by atoms with Gasteiger partial charge in [0.15, 0.2) is 0 Å². The third kappa shape index (κ3) is 4.70. The van der Waals surface area contributed by atoms with Gasteiger partial charge in [0.2, 0.25) is 0 Å². The Morgan fingerprint density at radius 3 is 2.68 bits per heavy atom. The predicted molar refractivity (Wildman–Crippen MR) is 88.1 cm³/mol. The first-order valence-electron chi connectivity index (χ1n) is 8.19. The highest BCUT2D eigenvalue weighted by Gasteiger charge is 2.40. The van der Waals surface area contributed by atoms with Crippen LogP contribution in [0.15, 0.2) is 24.3 Å². The van der Waals surface area contributed by atoms with Crippen LogP contribution >= 0.6 is 0 Å². The molecule has 0 spiro atoms. The first kappa shape index (κ1) is 17.3. The van der Waals surface area contributed by atoms with Gasteiger partial charge in [-0.1, -0.05) is 19.1 Å². The van der Waals surface area contributed by atoms with Crippen molar-refractivity contribution in [1.29, 1.82) is 0 Å². The highest BCUT2D eigenvalue weighted by atomic mass is 16.5. The molecule has 1 aromatic carbocycles. The van der Waals surface area contributed by atoms with Crippen molar-refractivity contribution < 1.29 is 14.6 Å². The molecule has 4 heteroatoms. The second-order valence-corrected chi connectivity index (χ2v) is 6.58. The minimum Gasteiger partial charge on any atom is -0.497 e. The second kappa shape index (κ2) is 7.44. The first-order valence-corrected chi connectivity index (χ1v) is 8.19. The minimum absolute atomic E-state index is 0.178. The molecule has 0 aliphatic carbocycles. The third-order valence-corrected chi connectivity index (χ3v) is 4.72. The fourth-order valence-corrected chi connectivity index (χ4v) is 3.06. The molecule has 1 fully saturated rings. The molecule has 124 valence electrons. The van der Waals surface area contributed by atoms with Crippen LogP contribution in [0.3, 0.4) is 0 Å². The summed E-state index contributed by atoms with van der Waals surface area (Å²) in [6.45, 7) is 6.48. The van der Waals surface area contributed by atoms with Crippen LogP contribution in [0.2, 0.25) is 0 Å². The molecule has 2 atom stereocenters. The number of methoxy groups -OCH3 is 1. The smallest absolute Gasteiger partial charge is 0.118 e. The van der Waals surface area contributed by atoms with E-state index in [9.17, 15) is 5.11 Å². The molecule has 22 heavy (non-hydrogen) atoms. The number of hydrogen-bond acceptors (Lipinski definition) is 4. The van der Waals surface area contributed by atoms with Gasteiger partial charge in [-0.05, 0) is 50.4 Å². The lowest BCUT2D eigenvalue weighted by atomic mass is 9.80. The zero-order chi connectivity index (χ0) is 16.1. The average molecular weight is 307 g/mol. The highest BCUT2D eigenvalue weighted by molar-refractivity contribution is 5.26. The minimum atomic E-state index is -0.601. The fourth-order valence-electron chi connectivity index (χ4n) is 3.06. The standard InChI is InChI=1S/C18H29NO3/c1-4-17(2)14-18(20,10-12-22-17)9-11-19-13-15-5-7-16(21-3)8-6-15/h5-8,19-20H,4,9-14H2,1-3H3/t17-,18+/m1/s1. The van der Waals surface area contributed by atoms with Gasteiger partial charge in [-0.15, -0.1) is 0 Å². The van der Waals surface area contributed by atoms with Crippen molar-refractivity contribution in [3.05, 3.63) is 29.8 Å². The Labute approximate surface area is 133 Å². The maximum atomic E-state index is 10.8. The summed E-state index contributed by atoms with van der Waals surface area (Å²) in [6.07, 6.45) is 3.16. The fraction of sp³-hybridized carbons (Fsp3) is 0.667. The van der Waals surface area contributed by atoms with E-state index in [0.717, 1.165) is 44.5 Å². The van der Waals surface area contributed by atoms with E-state index in [-0.39, 0.29) is 5.60 Å². The molecule has 4 nitrogen and oxygen atoms in total. The van der Waals surface area contributed by atoms with Crippen LogP contribution in [-0.2, 0) is 11.3 Å². The van der Waals surface area contributed by atoms with E-state index < -0.39 is 5.60 Å². The van der Waals surface area contributed by atoms with E-state index >= 15 is 0 Å². The van der Waals surface area contributed by atoms with Crippen LogP contribution in [0.5, 0.6) is 5.75 Å². The van der Waals surface area contributed by atoms with E-state index in [1.807, 2.05) is 12.1 Å². The van der Waals surface area contributed by atoms with Crippen molar-refractivity contribution in [3.63, 3.8) is 0 Å². The molecule has 0 radical (unpaired) electrons. The normalized spacial score (nSPS) is 28.5. The summed E-state index contributed by atoms with van der Waals surface area (Å²) >= 11 is 0. The molecule has 1 saturated heterocycles. The summed E-state index contributed by atoms with van der Waals surface area (Å²) in [6, 6.07) is 8.05. The summed E-state index contributed by atoms with van der Waals surface area (Å²) in [7, 11) is 1.67. The average Bonchev–Trinajstić information content (AvgIpc) is 2.52. The molecule has 0 amide bonds. The van der Waals surface area contributed by atoms with Gasteiger partial charge in [-0.25, -0.2) is 0 Å². The summed E-state index contributed by atoms with van der Waals surface area (Å²) in [5, 5.41) is 14.2. The molecule has 0 unspecified atom stereocenters. The molecule has 1 heterocycles. The van der Waals surface area contributed by atoms with E-state index in [1.165, 1.54) is 5.56 Å². The van der Waals surface area contributed by atoms with Crippen molar-refractivity contribution >= 4 is 0 Å². The van der Waals surface area contributed by atoms with Crippen molar-refractivity contribution in [3.8, 4) is 5.75 Å². The molecule has 0 saturated carbocycles. The number of aliphatic hydroxyl groups is 1. The van der Waals surface area contributed by atoms with Crippen LogP contribution in [0.4, 0.5) is 0 Å². The first-order chi connectivity index (χ1) is 10.5. The lowest BCUT2D eigenvalue weighted by Crippen LogP contribution is -2.48. The molecular weight excluding hydrogens is 278 g/mol. The molecule has 1 aliphatic rings.